The highest BCUT2D eigenvalue weighted by Gasteiger charge is 2.20. The monoisotopic (exact) mass is 988 g/mol. The van der Waals surface area contributed by atoms with Gasteiger partial charge < -0.3 is 13.4 Å². The molecule has 7 heteroatoms. The molecule has 354 valence electrons. The molecule has 11 aromatic carbocycles. The van der Waals surface area contributed by atoms with Crippen LogP contribution in [-0.4, -0.2) is 19.5 Å². The first kappa shape index (κ1) is 42.5. The predicted molar refractivity (Wildman–Crippen MR) is 314 cm³/mol. The van der Waals surface area contributed by atoms with Gasteiger partial charge >= 0.3 is 0 Å². The molecule has 0 radical (unpaired) electrons. The molecule has 0 bridgehead atoms. The number of aromatic nitrogens is 4. The van der Waals surface area contributed by atoms with Gasteiger partial charge in [-0.3, -0.25) is 0 Å². The number of furan rings is 2. The van der Waals surface area contributed by atoms with Gasteiger partial charge in [-0.2, -0.15) is 0 Å². The molecule has 16 rings (SSSR count). The molecule has 5 aromatic heterocycles. The molecule has 5 heterocycles. The standard InChI is InChI=1S/C69H40N4O2S/c1-3-12-42(13-4-1)67-70-68(43-24-22-41(23-25-43)48-26-31-52-51-17-8-10-20-60(51)75-63(52)40-48)72-69(71-67)53-18-11-21-62-66(53)57-39-45(28-33-61(57)74-62)47-30-35-65-56(38-47)55-37-46(29-34-64(55)76-65)44-27-32-59-54(36-44)50-16-7-9-19-58(50)73(59)49-14-5-2-6-15-49/h1-40H. The van der Waals surface area contributed by atoms with Crippen molar-refractivity contribution < 1.29 is 8.83 Å². The van der Waals surface area contributed by atoms with Gasteiger partial charge in [0, 0.05) is 74.9 Å². The van der Waals surface area contributed by atoms with Crippen molar-refractivity contribution in [3.63, 3.8) is 0 Å². The van der Waals surface area contributed by atoms with E-state index in [2.05, 4.69) is 187 Å². The number of benzene rings is 11. The maximum absolute atomic E-state index is 6.60. The van der Waals surface area contributed by atoms with Crippen molar-refractivity contribution in [2.75, 3.05) is 0 Å². The summed E-state index contributed by atoms with van der Waals surface area (Å²) in [6, 6.07) is 85.8. The quantitative estimate of drug-likeness (QED) is 0.159. The van der Waals surface area contributed by atoms with Crippen LogP contribution in [-0.2, 0) is 0 Å². The van der Waals surface area contributed by atoms with Crippen molar-refractivity contribution in [3.05, 3.63) is 243 Å². The van der Waals surface area contributed by atoms with E-state index in [0.717, 1.165) is 88.5 Å². The van der Waals surface area contributed by atoms with Crippen LogP contribution in [0.25, 0.3) is 159 Å². The smallest absolute Gasteiger partial charge is 0.164 e. The first-order chi connectivity index (χ1) is 37.6. The Kier molecular flexibility index (Phi) is 9.40. The van der Waals surface area contributed by atoms with E-state index in [1.807, 2.05) is 72.0 Å². The Morgan fingerprint density at radius 1 is 0.289 bits per heavy atom. The Bertz CT molecular complexity index is 4990. The molecule has 0 aliphatic heterocycles. The van der Waals surface area contributed by atoms with Crippen LogP contribution in [0.15, 0.2) is 251 Å². The van der Waals surface area contributed by atoms with E-state index < -0.39 is 0 Å². The van der Waals surface area contributed by atoms with Crippen LogP contribution in [0.4, 0.5) is 0 Å². The lowest BCUT2D eigenvalue weighted by Crippen LogP contribution is -2.00. The zero-order chi connectivity index (χ0) is 49.8. The number of hydrogen-bond donors (Lipinski definition) is 0. The van der Waals surface area contributed by atoms with E-state index in [-0.39, 0.29) is 0 Å². The van der Waals surface area contributed by atoms with Crippen LogP contribution in [0.3, 0.4) is 0 Å². The van der Waals surface area contributed by atoms with Gasteiger partial charge in [0.05, 0.1) is 11.0 Å². The minimum atomic E-state index is 0.574. The van der Waals surface area contributed by atoms with E-state index >= 15 is 0 Å². The molecule has 0 saturated heterocycles. The highest BCUT2D eigenvalue weighted by molar-refractivity contribution is 7.25. The van der Waals surface area contributed by atoms with Crippen LogP contribution >= 0.6 is 11.3 Å². The van der Waals surface area contributed by atoms with Crippen LogP contribution in [0.1, 0.15) is 0 Å². The average molecular weight is 989 g/mol. The largest absolute Gasteiger partial charge is 0.456 e. The van der Waals surface area contributed by atoms with Gasteiger partial charge in [-0.1, -0.05) is 152 Å². The third kappa shape index (κ3) is 6.83. The first-order valence-corrected chi connectivity index (χ1v) is 26.3. The van der Waals surface area contributed by atoms with Crippen molar-refractivity contribution in [1.29, 1.82) is 0 Å². The second-order valence-electron chi connectivity index (χ2n) is 19.5. The Balaban J connectivity index is 0.778. The summed E-state index contributed by atoms with van der Waals surface area (Å²) in [7, 11) is 0. The van der Waals surface area contributed by atoms with Crippen molar-refractivity contribution >= 4 is 97.2 Å². The maximum atomic E-state index is 6.60. The number of para-hydroxylation sites is 3. The molecular weight excluding hydrogens is 949 g/mol. The molecule has 0 amide bonds. The molecule has 0 aliphatic rings. The molecular formula is C69H40N4O2S. The number of fused-ring (bicyclic) bond motifs is 12. The first-order valence-electron chi connectivity index (χ1n) is 25.5. The molecule has 16 aromatic rings. The lowest BCUT2D eigenvalue weighted by atomic mass is 9.98. The normalized spacial score (nSPS) is 11.9. The third-order valence-electron chi connectivity index (χ3n) is 15.1. The fourth-order valence-corrected chi connectivity index (χ4v) is 12.5. The van der Waals surface area contributed by atoms with E-state index in [4.69, 9.17) is 23.8 Å². The van der Waals surface area contributed by atoms with Gasteiger partial charge in [-0.25, -0.2) is 15.0 Å². The predicted octanol–water partition coefficient (Wildman–Crippen LogP) is 19.1. The molecule has 0 fully saturated rings. The van der Waals surface area contributed by atoms with E-state index in [9.17, 15) is 0 Å². The summed E-state index contributed by atoms with van der Waals surface area (Å²) in [4.78, 5) is 15.5. The third-order valence-corrected chi connectivity index (χ3v) is 16.2. The Morgan fingerprint density at radius 3 is 1.55 bits per heavy atom. The summed E-state index contributed by atoms with van der Waals surface area (Å²) in [6.45, 7) is 0. The highest BCUT2D eigenvalue weighted by atomic mass is 32.1. The number of hydrogen-bond acceptors (Lipinski definition) is 6. The van der Waals surface area contributed by atoms with Gasteiger partial charge in [-0.15, -0.1) is 11.3 Å². The van der Waals surface area contributed by atoms with Crippen molar-refractivity contribution in [2.24, 2.45) is 0 Å². The van der Waals surface area contributed by atoms with Crippen LogP contribution in [0, 0.1) is 0 Å². The van der Waals surface area contributed by atoms with Gasteiger partial charge in [0.2, 0.25) is 0 Å². The summed E-state index contributed by atoms with van der Waals surface area (Å²) in [5.41, 5.74) is 16.3. The number of nitrogens with zero attached hydrogens (tertiary/aromatic N) is 4. The molecule has 0 spiro atoms. The molecule has 0 saturated carbocycles. The van der Waals surface area contributed by atoms with Crippen molar-refractivity contribution in [2.45, 2.75) is 0 Å². The summed E-state index contributed by atoms with van der Waals surface area (Å²) < 4.78 is 17.7. The Labute approximate surface area is 439 Å². The lowest BCUT2D eigenvalue weighted by Gasteiger charge is -2.10. The molecule has 76 heavy (non-hydrogen) atoms. The minimum absolute atomic E-state index is 0.574. The Morgan fingerprint density at radius 2 is 0.789 bits per heavy atom. The zero-order valence-corrected chi connectivity index (χ0v) is 41.4. The van der Waals surface area contributed by atoms with Crippen LogP contribution < -0.4 is 0 Å². The number of rotatable bonds is 7. The van der Waals surface area contributed by atoms with E-state index in [1.165, 1.54) is 53.1 Å². The van der Waals surface area contributed by atoms with Gasteiger partial charge in [0.15, 0.2) is 17.5 Å². The zero-order valence-electron chi connectivity index (χ0n) is 40.6. The highest BCUT2D eigenvalue weighted by Crippen LogP contribution is 2.43. The summed E-state index contributed by atoms with van der Waals surface area (Å²) in [5.74, 6) is 1.76. The van der Waals surface area contributed by atoms with Crippen LogP contribution in [0.2, 0.25) is 0 Å². The molecule has 0 N–H and O–H groups in total. The summed E-state index contributed by atoms with van der Waals surface area (Å²) in [6.07, 6.45) is 0. The summed E-state index contributed by atoms with van der Waals surface area (Å²) >= 11 is 1.84. The molecule has 6 nitrogen and oxygen atoms in total. The fourth-order valence-electron chi connectivity index (χ4n) is 11.4. The van der Waals surface area contributed by atoms with Gasteiger partial charge in [0.25, 0.3) is 0 Å². The van der Waals surface area contributed by atoms with E-state index in [1.54, 1.807) is 0 Å². The lowest BCUT2D eigenvalue weighted by molar-refractivity contribution is 0.668. The second kappa shape index (κ2) is 16.8. The summed E-state index contributed by atoms with van der Waals surface area (Å²) in [5, 5.41) is 9.17. The van der Waals surface area contributed by atoms with E-state index in [0.29, 0.717) is 17.5 Å². The molecule has 0 unspecified atom stereocenters. The molecule has 0 atom stereocenters. The minimum Gasteiger partial charge on any atom is -0.456 e. The Hall–Kier alpha value is -9.95. The maximum Gasteiger partial charge on any atom is 0.164 e. The van der Waals surface area contributed by atoms with Crippen molar-refractivity contribution in [3.8, 4) is 73.2 Å². The van der Waals surface area contributed by atoms with Gasteiger partial charge in [0.1, 0.15) is 22.3 Å². The second-order valence-corrected chi connectivity index (χ2v) is 20.6. The molecule has 0 aliphatic carbocycles. The average Bonchev–Trinajstić information content (AvgIpc) is 4.31. The SMILES string of the molecule is c1ccc(-c2nc(-c3ccc(-c4ccc5c(c4)oc4ccccc45)cc3)nc(-c3cccc4oc5ccc(-c6ccc7sc8ccc(-c9ccc%10c(c9)c9ccccc9n%10-c9ccccc9)cc8c7c6)cc5c34)n2)cc1. The van der Waals surface area contributed by atoms with Crippen molar-refractivity contribution in [1.82, 2.24) is 19.5 Å². The number of thiophene rings is 1. The fraction of sp³-hybridized carbons (Fsp3) is 0. The topological polar surface area (TPSA) is 69.9 Å². The van der Waals surface area contributed by atoms with Gasteiger partial charge in [-0.05, 0) is 124 Å². The van der Waals surface area contributed by atoms with Crippen LogP contribution in [0.5, 0.6) is 0 Å².